The van der Waals surface area contributed by atoms with Gasteiger partial charge in [-0.25, -0.2) is 0 Å². The zero-order valence-corrected chi connectivity index (χ0v) is 12.8. The minimum atomic E-state index is 0.323. The number of rotatable bonds is 2. The highest BCUT2D eigenvalue weighted by Crippen LogP contribution is 2.38. The monoisotopic (exact) mass is 293 g/mol. The predicted molar refractivity (Wildman–Crippen MR) is 87.3 cm³/mol. The summed E-state index contributed by atoms with van der Waals surface area (Å²) in [5.41, 5.74) is 5.05. The summed E-state index contributed by atoms with van der Waals surface area (Å²) >= 11 is 0. The number of fused-ring (bicyclic) bond motifs is 2. The number of aromatic nitrogens is 2. The Morgan fingerprint density at radius 3 is 2.95 bits per heavy atom. The van der Waals surface area contributed by atoms with Gasteiger partial charge in [-0.05, 0) is 24.2 Å². The molecule has 4 nitrogen and oxygen atoms in total. The molecule has 4 rings (SSSR count). The first-order valence-electron chi connectivity index (χ1n) is 7.53. The van der Waals surface area contributed by atoms with Gasteiger partial charge in [-0.15, -0.1) is 0 Å². The van der Waals surface area contributed by atoms with Gasteiger partial charge in [0.25, 0.3) is 0 Å². The molecule has 112 valence electrons. The summed E-state index contributed by atoms with van der Waals surface area (Å²) in [4.78, 5) is 2.37. The van der Waals surface area contributed by atoms with Gasteiger partial charge >= 0.3 is 0 Å². The summed E-state index contributed by atoms with van der Waals surface area (Å²) in [7, 11) is 3.91. The highest BCUT2D eigenvalue weighted by molar-refractivity contribution is 5.81. The Hall–Kier alpha value is -2.33. The fraction of sp³-hybridized carbons (Fsp3) is 0.278. The van der Waals surface area contributed by atoms with E-state index in [-0.39, 0.29) is 0 Å². The average Bonchev–Trinajstić information content (AvgIpc) is 3.00. The van der Waals surface area contributed by atoms with Crippen molar-refractivity contribution in [3.8, 4) is 5.75 Å². The maximum absolute atomic E-state index is 5.66. The SMILES string of the molecule is COc1cc2[nH]ncc2cc1C1CN(C)Cc2ccccc21. The van der Waals surface area contributed by atoms with Crippen molar-refractivity contribution < 1.29 is 4.74 Å². The summed E-state index contributed by atoms with van der Waals surface area (Å²) in [5.74, 6) is 1.25. The van der Waals surface area contributed by atoms with Crippen LogP contribution < -0.4 is 4.74 Å². The molecule has 4 heteroatoms. The Balaban J connectivity index is 1.91. The normalized spacial score (nSPS) is 18.4. The molecule has 1 aliphatic heterocycles. The van der Waals surface area contributed by atoms with E-state index in [1.165, 1.54) is 16.7 Å². The first-order chi connectivity index (χ1) is 10.8. The lowest BCUT2D eigenvalue weighted by Gasteiger charge is -2.33. The Labute approximate surface area is 129 Å². The number of nitrogens with zero attached hydrogens (tertiary/aromatic N) is 2. The number of ether oxygens (including phenoxy) is 1. The average molecular weight is 293 g/mol. The molecule has 0 bridgehead atoms. The molecular formula is C18H19N3O. The minimum Gasteiger partial charge on any atom is -0.496 e. The first-order valence-corrected chi connectivity index (χ1v) is 7.53. The highest BCUT2D eigenvalue weighted by atomic mass is 16.5. The van der Waals surface area contributed by atoms with Crippen LogP contribution in [0.1, 0.15) is 22.6 Å². The molecule has 2 heterocycles. The molecule has 3 aromatic rings. The van der Waals surface area contributed by atoms with Crippen LogP contribution in [0.25, 0.3) is 10.9 Å². The van der Waals surface area contributed by atoms with Crippen molar-refractivity contribution in [3.05, 3.63) is 59.3 Å². The molecule has 0 spiro atoms. The van der Waals surface area contributed by atoms with Gasteiger partial charge in [-0.1, -0.05) is 24.3 Å². The Kier molecular flexibility index (Phi) is 3.12. The van der Waals surface area contributed by atoms with Crippen molar-refractivity contribution in [2.24, 2.45) is 0 Å². The Morgan fingerprint density at radius 1 is 1.23 bits per heavy atom. The van der Waals surface area contributed by atoms with Gasteiger partial charge in [-0.2, -0.15) is 5.10 Å². The van der Waals surface area contributed by atoms with Crippen molar-refractivity contribution >= 4 is 10.9 Å². The molecule has 1 unspecified atom stereocenters. The van der Waals surface area contributed by atoms with E-state index in [2.05, 4.69) is 58.5 Å². The zero-order valence-electron chi connectivity index (χ0n) is 12.8. The molecule has 1 atom stereocenters. The molecule has 1 aromatic heterocycles. The summed E-state index contributed by atoms with van der Waals surface area (Å²) in [6, 6.07) is 13.0. The third-order valence-electron chi connectivity index (χ3n) is 4.53. The Morgan fingerprint density at radius 2 is 2.09 bits per heavy atom. The topological polar surface area (TPSA) is 41.1 Å². The Bertz CT molecular complexity index is 824. The molecule has 0 radical (unpaired) electrons. The lowest BCUT2D eigenvalue weighted by atomic mass is 9.84. The maximum Gasteiger partial charge on any atom is 0.124 e. The molecule has 0 fully saturated rings. The molecule has 1 N–H and O–H groups in total. The van der Waals surface area contributed by atoms with Crippen LogP contribution in [0.15, 0.2) is 42.6 Å². The summed E-state index contributed by atoms with van der Waals surface area (Å²) in [6.07, 6.45) is 1.87. The van der Waals surface area contributed by atoms with E-state index in [9.17, 15) is 0 Å². The number of hydrogen-bond acceptors (Lipinski definition) is 3. The largest absolute Gasteiger partial charge is 0.496 e. The minimum absolute atomic E-state index is 0.323. The van der Waals surface area contributed by atoms with Gasteiger partial charge < -0.3 is 9.64 Å². The van der Waals surface area contributed by atoms with Crippen LogP contribution >= 0.6 is 0 Å². The number of likely N-dealkylation sites (N-methyl/N-ethyl adjacent to an activating group) is 1. The highest BCUT2D eigenvalue weighted by Gasteiger charge is 2.27. The van der Waals surface area contributed by atoms with Crippen molar-refractivity contribution in [2.75, 3.05) is 20.7 Å². The van der Waals surface area contributed by atoms with Gasteiger partial charge in [0.15, 0.2) is 0 Å². The fourth-order valence-corrected chi connectivity index (χ4v) is 3.49. The number of hydrogen-bond donors (Lipinski definition) is 1. The standard InChI is InChI=1S/C18H19N3O/c1-21-10-12-5-3-4-6-14(12)16(11-21)15-7-13-9-19-20-17(13)8-18(15)22-2/h3-9,16H,10-11H2,1-2H3,(H,19,20). The van der Waals surface area contributed by atoms with E-state index in [1.54, 1.807) is 7.11 Å². The summed E-state index contributed by atoms with van der Waals surface area (Å²) in [6.45, 7) is 2.00. The van der Waals surface area contributed by atoms with Crippen LogP contribution in [-0.4, -0.2) is 35.8 Å². The molecule has 0 amide bonds. The molecule has 0 saturated carbocycles. The molecule has 22 heavy (non-hydrogen) atoms. The number of methoxy groups -OCH3 is 1. The van der Waals surface area contributed by atoms with Crippen LogP contribution in [0.3, 0.4) is 0 Å². The smallest absolute Gasteiger partial charge is 0.124 e. The van der Waals surface area contributed by atoms with Crippen LogP contribution in [0.4, 0.5) is 0 Å². The van der Waals surface area contributed by atoms with Crippen LogP contribution in [-0.2, 0) is 6.54 Å². The predicted octanol–water partition coefficient (Wildman–Crippen LogP) is 3.15. The summed E-state index contributed by atoms with van der Waals surface area (Å²) in [5, 5.41) is 8.27. The third-order valence-corrected chi connectivity index (χ3v) is 4.53. The number of benzene rings is 2. The zero-order chi connectivity index (χ0) is 15.1. The van der Waals surface area contributed by atoms with E-state index in [4.69, 9.17) is 4.74 Å². The van der Waals surface area contributed by atoms with Crippen LogP contribution in [0.5, 0.6) is 5.75 Å². The summed E-state index contributed by atoms with van der Waals surface area (Å²) < 4.78 is 5.66. The number of aromatic amines is 1. The van der Waals surface area contributed by atoms with Gasteiger partial charge in [0.2, 0.25) is 0 Å². The van der Waals surface area contributed by atoms with E-state index in [1.807, 2.05) is 6.20 Å². The van der Waals surface area contributed by atoms with Crippen LogP contribution in [0.2, 0.25) is 0 Å². The van der Waals surface area contributed by atoms with Crippen LogP contribution in [0, 0.1) is 0 Å². The van der Waals surface area contributed by atoms with Crippen molar-refractivity contribution in [1.82, 2.24) is 15.1 Å². The van der Waals surface area contributed by atoms with E-state index in [0.717, 1.165) is 29.7 Å². The number of nitrogens with one attached hydrogen (secondary N) is 1. The maximum atomic E-state index is 5.66. The molecule has 0 saturated heterocycles. The van der Waals surface area contributed by atoms with E-state index >= 15 is 0 Å². The quantitative estimate of drug-likeness (QED) is 0.789. The van der Waals surface area contributed by atoms with Gasteiger partial charge in [-0.3, -0.25) is 5.10 Å². The molecule has 0 aliphatic carbocycles. The van der Waals surface area contributed by atoms with Gasteiger partial charge in [0.1, 0.15) is 5.75 Å². The lowest BCUT2D eigenvalue weighted by molar-refractivity contribution is 0.292. The second-order valence-corrected chi connectivity index (χ2v) is 6.00. The first kappa shape index (κ1) is 13.3. The second kappa shape index (κ2) is 5.14. The third kappa shape index (κ3) is 2.07. The van der Waals surface area contributed by atoms with Crippen molar-refractivity contribution in [2.45, 2.75) is 12.5 Å². The van der Waals surface area contributed by atoms with Crippen molar-refractivity contribution in [1.29, 1.82) is 0 Å². The fourth-order valence-electron chi connectivity index (χ4n) is 3.49. The van der Waals surface area contributed by atoms with Gasteiger partial charge in [0, 0.05) is 36.0 Å². The van der Waals surface area contributed by atoms with E-state index < -0.39 is 0 Å². The van der Waals surface area contributed by atoms with Crippen molar-refractivity contribution in [3.63, 3.8) is 0 Å². The lowest BCUT2D eigenvalue weighted by Crippen LogP contribution is -2.31. The molecule has 2 aromatic carbocycles. The van der Waals surface area contributed by atoms with Gasteiger partial charge in [0.05, 0.1) is 18.8 Å². The second-order valence-electron chi connectivity index (χ2n) is 6.00. The molecular weight excluding hydrogens is 274 g/mol. The van der Waals surface area contributed by atoms with E-state index in [0.29, 0.717) is 5.92 Å². The molecule has 1 aliphatic rings. The number of H-pyrrole nitrogens is 1.